The van der Waals surface area contributed by atoms with Gasteiger partial charge in [-0.05, 0) is 6.42 Å². The topological polar surface area (TPSA) is 31.4 Å². The minimum absolute atomic E-state index is 0.224. The Labute approximate surface area is 87.8 Å². The van der Waals surface area contributed by atoms with E-state index in [2.05, 4.69) is 4.98 Å². The van der Waals surface area contributed by atoms with E-state index in [4.69, 9.17) is 9.47 Å². The zero-order valence-electron chi connectivity index (χ0n) is 7.58. The van der Waals surface area contributed by atoms with Gasteiger partial charge in [0.15, 0.2) is 0 Å². The first-order valence-electron chi connectivity index (χ1n) is 4.33. The van der Waals surface area contributed by atoms with E-state index in [1.165, 1.54) is 0 Å². The maximum absolute atomic E-state index is 12.3. The molecule has 3 nitrogen and oxygen atoms in total. The van der Waals surface area contributed by atoms with Crippen LogP contribution in [0, 0.1) is 0 Å². The smallest absolute Gasteiger partial charge is 0.346 e. The van der Waals surface area contributed by atoms with Crippen molar-refractivity contribution in [3.05, 3.63) is 16.1 Å². The van der Waals surface area contributed by atoms with Crippen molar-refractivity contribution in [2.45, 2.75) is 18.9 Å². The largest absolute Gasteiger partial charge is 0.427 e. The monoisotopic (exact) mass is 239 g/mol. The highest BCUT2D eigenvalue weighted by molar-refractivity contribution is 7.11. The Bertz CT molecular complexity index is 333. The van der Waals surface area contributed by atoms with Gasteiger partial charge < -0.3 is 9.47 Å². The van der Waals surface area contributed by atoms with E-state index in [9.17, 15) is 13.2 Å². The van der Waals surface area contributed by atoms with E-state index in [1.807, 2.05) is 0 Å². The summed E-state index contributed by atoms with van der Waals surface area (Å²) in [6.07, 6.45) is -3.51. The highest BCUT2D eigenvalue weighted by Gasteiger charge is 2.34. The molecule has 0 saturated carbocycles. The van der Waals surface area contributed by atoms with Gasteiger partial charge in [0.1, 0.15) is 9.88 Å². The van der Waals surface area contributed by atoms with Crippen molar-refractivity contribution in [3.8, 4) is 0 Å². The molecule has 2 heterocycles. The van der Waals surface area contributed by atoms with Gasteiger partial charge in [-0.3, -0.25) is 0 Å². The van der Waals surface area contributed by atoms with Crippen molar-refractivity contribution in [1.82, 2.24) is 4.98 Å². The summed E-state index contributed by atoms with van der Waals surface area (Å²) in [5, 5.41) is 0.224. The first-order chi connectivity index (χ1) is 7.07. The standard InChI is InChI=1S/C8H8F3NO2S/c9-8(10,11)5-4-12-6(15-5)7-13-2-1-3-14-7/h4,7H,1-3H2. The Morgan fingerprint density at radius 2 is 2.00 bits per heavy atom. The second-order valence-corrected chi connectivity index (χ2v) is 4.05. The van der Waals surface area contributed by atoms with E-state index in [0.29, 0.717) is 24.6 Å². The van der Waals surface area contributed by atoms with E-state index in [1.54, 1.807) is 0 Å². The fourth-order valence-electron chi connectivity index (χ4n) is 1.16. The van der Waals surface area contributed by atoms with Crippen LogP contribution in [-0.4, -0.2) is 18.2 Å². The summed E-state index contributed by atoms with van der Waals surface area (Å²) >= 11 is 0.560. The van der Waals surface area contributed by atoms with Gasteiger partial charge in [0.2, 0.25) is 6.29 Å². The maximum Gasteiger partial charge on any atom is 0.427 e. The Morgan fingerprint density at radius 3 is 2.53 bits per heavy atom. The predicted octanol–water partition coefficient (Wildman–Crippen LogP) is 2.60. The third kappa shape index (κ3) is 2.47. The summed E-state index contributed by atoms with van der Waals surface area (Å²) in [6.45, 7) is 0.983. The molecule has 0 spiro atoms. The molecule has 0 aliphatic carbocycles. The number of aromatic nitrogens is 1. The Balaban J connectivity index is 2.12. The molecule has 1 aromatic rings. The lowest BCUT2D eigenvalue weighted by Gasteiger charge is -2.20. The fourth-order valence-corrected chi connectivity index (χ4v) is 1.94. The number of rotatable bonds is 1. The highest BCUT2D eigenvalue weighted by Crippen LogP contribution is 2.36. The van der Waals surface area contributed by atoms with Gasteiger partial charge in [-0.15, -0.1) is 11.3 Å². The molecule has 0 N–H and O–H groups in total. The van der Waals surface area contributed by atoms with Crippen LogP contribution in [0.4, 0.5) is 13.2 Å². The molecule has 2 rings (SSSR count). The fraction of sp³-hybridized carbons (Fsp3) is 0.625. The molecule has 15 heavy (non-hydrogen) atoms. The quantitative estimate of drug-likeness (QED) is 0.754. The average molecular weight is 239 g/mol. The summed E-state index contributed by atoms with van der Waals surface area (Å²) in [5.41, 5.74) is 0. The molecule has 1 saturated heterocycles. The molecule has 1 aromatic heterocycles. The van der Waals surface area contributed by atoms with Crippen LogP contribution < -0.4 is 0 Å². The first-order valence-corrected chi connectivity index (χ1v) is 5.15. The number of hydrogen-bond acceptors (Lipinski definition) is 4. The Morgan fingerprint density at radius 1 is 1.33 bits per heavy atom. The van der Waals surface area contributed by atoms with Crippen molar-refractivity contribution in [2.24, 2.45) is 0 Å². The molecule has 1 aliphatic rings. The third-order valence-corrected chi connectivity index (χ3v) is 2.90. The van der Waals surface area contributed by atoms with Crippen LogP contribution in [0.5, 0.6) is 0 Å². The van der Waals surface area contributed by atoms with E-state index in [0.717, 1.165) is 12.6 Å². The zero-order valence-corrected chi connectivity index (χ0v) is 8.40. The number of thiazole rings is 1. The van der Waals surface area contributed by atoms with Gasteiger partial charge >= 0.3 is 6.18 Å². The van der Waals surface area contributed by atoms with Crippen molar-refractivity contribution in [2.75, 3.05) is 13.2 Å². The van der Waals surface area contributed by atoms with E-state index in [-0.39, 0.29) is 5.01 Å². The predicted molar refractivity (Wildman–Crippen MR) is 46.4 cm³/mol. The molecule has 7 heteroatoms. The van der Waals surface area contributed by atoms with Gasteiger partial charge in [-0.25, -0.2) is 4.98 Å². The number of halogens is 3. The Kier molecular flexibility index (Phi) is 2.94. The molecule has 0 atom stereocenters. The van der Waals surface area contributed by atoms with Gasteiger partial charge in [-0.2, -0.15) is 13.2 Å². The van der Waals surface area contributed by atoms with Gasteiger partial charge in [0.05, 0.1) is 19.4 Å². The summed E-state index contributed by atoms with van der Waals surface area (Å²) in [6, 6.07) is 0. The van der Waals surface area contributed by atoms with E-state index >= 15 is 0 Å². The molecular formula is C8H8F3NO2S. The summed E-state index contributed by atoms with van der Waals surface area (Å²) in [5.74, 6) is 0. The van der Waals surface area contributed by atoms with Gasteiger partial charge in [0.25, 0.3) is 0 Å². The molecular weight excluding hydrogens is 231 g/mol. The molecule has 84 valence electrons. The SMILES string of the molecule is FC(F)(F)c1cnc(C2OCCCO2)s1. The second kappa shape index (κ2) is 4.07. The zero-order chi connectivity index (χ0) is 10.9. The minimum Gasteiger partial charge on any atom is -0.346 e. The maximum atomic E-state index is 12.3. The minimum atomic E-state index is -4.34. The van der Waals surface area contributed by atoms with Crippen LogP contribution in [0.2, 0.25) is 0 Å². The van der Waals surface area contributed by atoms with Crippen LogP contribution in [-0.2, 0) is 15.7 Å². The molecule has 0 radical (unpaired) electrons. The van der Waals surface area contributed by atoms with Crippen LogP contribution in [0.25, 0.3) is 0 Å². The van der Waals surface area contributed by atoms with Crippen molar-refractivity contribution in [3.63, 3.8) is 0 Å². The first kappa shape index (κ1) is 10.8. The number of hydrogen-bond donors (Lipinski definition) is 0. The Hall–Kier alpha value is -0.660. The lowest BCUT2D eigenvalue weighted by Crippen LogP contribution is -2.17. The average Bonchev–Trinajstić information content (AvgIpc) is 2.67. The molecule has 0 bridgehead atoms. The van der Waals surface area contributed by atoms with Crippen LogP contribution >= 0.6 is 11.3 Å². The molecule has 1 fully saturated rings. The normalized spacial score (nSPS) is 19.4. The van der Waals surface area contributed by atoms with Crippen LogP contribution in [0.1, 0.15) is 22.6 Å². The number of ether oxygens (including phenoxy) is 2. The lowest BCUT2D eigenvalue weighted by molar-refractivity contribution is -0.183. The summed E-state index contributed by atoms with van der Waals surface area (Å²) in [7, 11) is 0. The molecule has 0 unspecified atom stereocenters. The van der Waals surface area contributed by atoms with Crippen molar-refractivity contribution < 1.29 is 22.6 Å². The number of nitrogens with zero attached hydrogens (tertiary/aromatic N) is 1. The van der Waals surface area contributed by atoms with Crippen molar-refractivity contribution >= 4 is 11.3 Å². The number of alkyl halides is 3. The van der Waals surface area contributed by atoms with Gasteiger partial charge in [0, 0.05) is 0 Å². The van der Waals surface area contributed by atoms with E-state index < -0.39 is 17.3 Å². The molecule has 0 amide bonds. The summed E-state index contributed by atoms with van der Waals surface area (Å²) in [4.78, 5) is 2.93. The molecule has 0 aromatic carbocycles. The van der Waals surface area contributed by atoms with Crippen molar-refractivity contribution in [1.29, 1.82) is 0 Å². The van der Waals surface area contributed by atoms with Gasteiger partial charge in [-0.1, -0.05) is 0 Å². The lowest BCUT2D eigenvalue weighted by atomic mass is 10.4. The molecule has 1 aliphatic heterocycles. The third-order valence-electron chi connectivity index (χ3n) is 1.83. The van der Waals surface area contributed by atoms with Crippen LogP contribution in [0.3, 0.4) is 0 Å². The summed E-state index contributed by atoms with van der Waals surface area (Å²) < 4.78 is 47.1. The second-order valence-electron chi connectivity index (χ2n) is 2.99. The van der Waals surface area contributed by atoms with Crippen LogP contribution in [0.15, 0.2) is 6.20 Å². The highest BCUT2D eigenvalue weighted by atomic mass is 32.1.